The van der Waals surface area contributed by atoms with E-state index < -0.39 is 18.9 Å². The summed E-state index contributed by atoms with van der Waals surface area (Å²) in [7, 11) is 0.426. The number of carbonyl (C=O) groups is 2. The lowest BCUT2D eigenvalue weighted by atomic mass is 10.1. The van der Waals surface area contributed by atoms with E-state index in [-0.39, 0.29) is 51.8 Å². The number of benzene rings is 1. The standard InChI is InChI=1S/C28H30FN6O4P/c1-30-28(37)25-22(13-24(34-35-25)33-27(36)15-3-4-15)32-23-12-16(29)11-20(26(23)39-2)21-10-9-19(14-31-21)40(38,17-5-6-17)18-7-8-18/h9-15,17-18H,3-8H2,1-2H3,(H,30,37)(H2,32,33,34,36). The normalized spacial score (nSPS) is 16.8. The number of carbonyl (C=O) groups excluding carboxylic acids is 2. The maximum Gasteiger partial charge on any atom is 0.273 e. The molecule has 3 saturated carbocycles. The highest BCUT2D eigenvalue weighted by atomic mass is 31.2. The number of nitrogens with zero attached hydrogens (tertiary/aromatic N) is 3. The van der Waals surface area contributed by atoms with E-state index in [0.717, 1.165) is 43.8 Å². The Kier molecular flexibility index (Phi) is 6.78. The molecule has 0 aliphatic heterocycles. The summed E-state index contributed by atoms with van der Waals surface area (Å²) in [5, 5.41) is 17.0. The first kappa shape index (κ1) is 26.4. The van der Waals surface area contributed by atoms with Crippen molar-refractivity contribution < 1.29 is 23.3 Å². The van der Waals surface area contributed by atoms with E-state index >= 15 is 0 Å². The average molecular weight is 565 g/mol. The highest BCUT2D eigenvalue weighted by Crippen LogP contribution is 2.69. The van der Waals surface area contributed by atoms with Crippen LogP contribution in [0.2, 0.25) is 0 Å². The maximum atomic E-state index is 15.0. The van der Waals surface area contributed by atoms with Crippen molar-refractivity contribution in [2.24, 2.45) is 5.92 Å². The molecule has 0 bridgehead atoms. The summed E-state index contributed by atoms with van der Waals surface area (Å²) < 4.78 is 34.5. The lowest BCUT2D eigenvalue weighted by Crippen LogP contribution is -2.22. The van der Waals surface area contributed by atoms with Crippen molar-refractivity contribution in [2.75, 3.05) is 24.8 Å². The SMILES string of the molecule is CNC(=O)c1nnc(NC(=O)C2CC2)cc1Nc1cc(F)cc(-c2ccc(P(=O)(C3CC3)C3CC3)cn2)c1OC. The van der Waals surface area contributed by atoms with Crippen LogP contribution in [-0.2, 0) is 9.36 Å². The molecule has 0 unspecified atom stereocenters. The molecule has 3 fully saturated rings. The van der Waals surface area contributed by atoms with Crippen molar-refractivity contribution >= 4 is 41.5 Å². The molecular weight excluding hydrogens is 534 g/mol. The Morgan fingerprint density at radius 3 is 2.30 bits per heavy atom. The fourth-order valence-electron chi connectivity index (χ4n) is 5.04. The molecule has 0 spiro atoms. The molecule has 12 heteroatoms. The molecule has 0 atom stereocenters. The van der Waals surface area contributed by atoms with Gasteiger partial charge in [-0.25, -0.2) is 4.39 Å². The molecule has 0 saturated heterocycles. The first-order chi connectivity index (χ1) is 19.3. The van der Waals surface area contributed by atoms with Gasteiger partial charge >= 0.3 is 0 Å². The van der Waals surface area contributed by atoms with Crippen molar-refractivity contribution in [3.63, 3.8) is 0 Å². The van der Waals surface area contributed by atoms with Crippen LogP contribution in [0.5, 0.6) is 5.75 Å². The van der Waals surface area contributed by atoms with Crippen molar-refractivity contribution in [1.82, 2.24) is 20.5 Å². The molecule has 2 heterocycles. The second-order valence-electron chi connectivity index (χ2n) is 10.6. The van der Waals surface area contributed by atoms with E-state index in [2.05, 4.69) is 31.1 Å². The van der Waals surface area contributed by atoms with Crippen LogP contribution in [0.25, 0.3) is 11.3 Å². The van der Waals surface area contributed by atoms with Gasteiger partial charge in [0.25, 0.3) is 5.91 Å². The Hall–Kier alpha value is -3.85. The van der Waals surface area contributed by atoms with Crippen LogP contribution in [-0.4, -0.2) is 52.5 Å². The van der Waals surface area contributed by atoms with Gasteiger partial charge in [-0.2, -0.15) is 0 Å². The van der Waals surface area contributed by atoms with E-state index in [4.69, 9.17) is 4.74 Å². The smallest absolute Gasteiger partial charge is 0.273 e. The molecule has 6 rings (SSSR count). The van der Waals surface area contributed by atoms with Crippen LogP contribution in [0.1, 0.15) is 49.0 Å². The van der Waals surface area contributed by atoms with Gasteiger partial charge in [-0.1, -0.05) is 0 Å². The third-order valence-electron chi connectivity index (χ3n) is 7.57. The van der Waals surface area contributed by atoms with E-state index in [1.165, 1.54) is 32.4 Å². The highest BCUT2D eigenvalue weighted by molar-refractivity contribution is 7.73. The summed E-state index contributed by atoms with van der Waals surface area (Å²) in [5.41, 5.74) is 1.74. The summed E-state index contributed by atoms with van der Waals surface area (Å²) in [6, 6.07) is 7.63. The van der Waals surface area contributed by atoms with Gasteiger partial charge in [0.05, 0.1) is 24.2 Å². The second-order valence-corrected chi connectivity index (χ2v) is 14.0. The summed E-state index contributed by atoms with van der Waals surface area (Å²) in [6.07, 6.45) is 7.28. The minimum atomic E-state index is -2.48. The fraction of sp³-hybridized carbons (Fsp3) is 0.393. The van der Waals surface area contributed by atoms with Gasteiger partial charge in [0, 0.05) is 53.5 Å². The van der Waals surface area contributed by atoms with Crippen molar-refractivity contribution in [3.8, 4) is 17.0 Å². The molecule has 10 nitrogen and oxygen atoms in total. The van der Waals surface area contributed by atoms with Crippen molar-refractivity contribution in [3.05, 3.63) is 48.0 Å². The Bertz CT molecular complexity index is 1520. The predicted octanol–water partition coefficient (Wildman–Crippen LogP) is 4.45. The van der Waals surface area contributed by atoms with Crippen LogP contribution in [0.3, 0.4) is 0 Å². The van der Waals surface area contributed by atoms with E-state index in [1.807, 2.05) is 6.07 Å². The Morgan fingerprint density at radius 2 is 1.73 bits per heavy atom. The number of pyridine rings is 1. The fourth-order valence-corrected chi connectivity index (χ4v) is 8.86. The van der Waals surface area contributed by atoms with Crippen molar-refractivity contribution in [1.29, 1.82) is 0 Å². The number of methoxy groups -OCH3 is 1. The number of amides is 2. The van der Waals surface area contributed by atoms with Gasteiger partial charge in [0.15, 0.2) is 17.3 Å². The quantitative estimate of drug-likeness (QED) is 0.308. The minimum absolute atomic E-state index is 0.0434. The van der Waals surface area contributed by atoms with Crippen molar-refractivity contribution in [2.45, 2.75) is 49.8 Å². The van der Waals surface area contributed by atoms with Crippen LogP contribution in [0.15, 0.2) is 36.5 Å². The molecule has 3 aliphatic rings. The molecule has 2 amide bonds. The van der Waals surface area contributed by atoms with E-state index in [0.29, 0.717) is 11.3 Å². The topological polar surface area (TPSA) is 135 Å². The van der Waals surface area contributed by atoms with Gasteiger partial charge in [-0.05, 0) is 56.7 Å². The molecule has 1 aromatic carbocycles. The van der Waals surface area contributed by atoms with Gasteiger partial charge in [-0.15, -0.1) is 10.2 Å². The number of hydrogen-bond acceptors (Lipinski definition) is 8. The maximum absolute atomic E-state index is 15.0. The Balaban J connectivity index is 1.34. The zero-order valence-electron chi connectivity index (χ0n) is 22.2. The van der Waals surface area contributed by atoms with Crippen LogP contribution >= 0.6 is 7.14 Å². The summed E-state index contributed by atoms with van der Waals surface area (Å²) >= 11 is 0. The summed E-state index contributed by atoms with van der Waals surface area (Å²) in [6.45, 7) is 0. The number of halogens is 1. The molecule has 2 aromatic heterocycles. The first-order valence-corrected chi connectivity index (χ1v) is 15.3. The second kappa shape index (κ2) is 10.3. The number of hydrogen-bond donors (Lipinski definition) is 3. The third kappa shape index (κ3) is 5.06. The lowest BCUT2D eigenvalue weighted by molar-refractivity contribution is -0.117. The minimum Gasteiger partial charge on any atom is -0.494 e. The van der Waals surface area contributed by atoms with Crippen LogP contribution in [0.4, 0.5) is 21.6 Å². The zero-order chi connectivity index (χ0) is 28.0. The van der Waals surface area contributed by atoms with Gasteiger partial charge in [-0.3, -0.25) is 14.6 Å². The zero-order valence-corrected chi connectivity index (χ0v) is 23.1. The highest BCUT2D eigenvalue weighted by Gasteiger charge is 2.51. The molecule has 40 heavy (non-hydrogen) atoms. The monoisotopic (exact) mass is 564 g/mol. The third-order valence-corrected chi connectivity index (χ3v) is 11.8. The van der Waals surface area contributed by atoms with Crippen LogP contribution < -0.4 is 26.0 Å². The van der Waals surface area contributed by atoms with E-state index in [1.54, 1.807) is 12.3 Å². The molecule has 208 valence electrons. The number of aromatic nitrogens is 3. The molecule has 3 aromatic rings. The molecule has 3 aliphatic carbocycles. The average Bonchev–Trinajstić information content (AvgIpc) is 3.78. The van der Waals surface area contributed by atoms with Gasteiger partial charge in [0.2, 0.25) is 5.91 Å². The number of nitrogens with one attached hydrogen (secondary N) is 3. The largest absolute Gasteiger partial charge is 0.494 e. The predicted molar refractivity (Wildman–Crippen MR) is 150 cm³/mol. The molecular formula is C28H30FN6O4P. The van der Waals surface area contributed by atoms with Crippen LogP contribution in [0, 0.1) is 11.7 Å². The first-order valence-electron chi connectivity index (χ1n) is 13.4. The van der Waals surface area contributed by atoms with Gasteiger partial charge < -0.3 is 25.3 Å². The summed E-state index contributed by atoms with van der Waals surface area (Å²) in [4.78, 5) is 29.4. The van der Waals surface area contributed by atoms with Gasteiger partial charge in [0.1, 0.15) is 13.0 Å². The Morgan fingerprint density at radius 1 is 1.00 bits per heavy atom. The lowest BCUT2D eigenvalue weighted by Gasteiger charge is -2.19. The Labute approximate surface area is 230 Å². The summed E-state index contributed by atoms with van der Waals surface area (Å²) in [5.74, 6) is -0.839. The number of rotatable bonds is 10. The van der Waals surface area contributed by atoms with E-state index in [9.17, 15) is 18.5 Å². The number of anilines is 3. The number of ether oxygens (including phenoxy) is 1. The molecule has 3 N–H and O–H groups in total. The molecule has 0 radical (unpaired) electrons.